The van der Waals surface area contributed by atoms with Crippen LogP contribution in [0, 0.1) is 0 Å². The molecule has 0 spiro atoms. The molecule has 4 aromatic rings. The summed E-state index contributed by atoms with van der Waals surface area (Å²) in [6, 6.07) is 10.5. The Morgan fingerprint density at radius 2 is 1.87 bits per heavy atom. The van der Waals surface area contributed by atoms with Gasteiger partial charge < -0.3 is 4.57 Å². The fraction of sp³-hybridized carbons (Fsp3) is 0.176. The molecule has 1 atom stereocenters. The van der Waals surface area contributed by atoms with Crippen LogP contribution in [0.25, 0.3) is 22.4 Å². The summed E-state index contributed by atoms with van der Waals surface area (Å²) in [6.45, 7) is 2.18. The van der Waals surface area contributed by atoms with E-state index in [-0.39, 0.29) is 6.04 Å². The van der Waals surface area contributed by atoms with E-state index in [0.29, 0.717) is 0 Å². The lowest BCUT2D eigenvalue weighted by Crippen LogP contribution is -2.10. The molecule has 23 heavy (non-hydrogen) atoms. The van der Waals surface area contributed by atoms with Gasteiger partial charge in [-0.2, -0.15) is 8.75 Å². The van der Waals surface area contributed by atoms with Crippen LogP contribution >= 0.6 is 11.7 Å². The van der Waals surface area contributed by atoms with Gasteiger partial charge in [-0.1, -0.05) is 6.92 Å². The van der Waals surface area contributed by atoms with E-state index in [1.165, 1.54) is 17.3 Å². The summed E-state index contributed by atoms with van der Waals surface area (Å²) in [5.74, 6) is 0.948. The number of imidazole rings is 1. The Hall–Kier alpha value is -2.60. The molecule has 6 heteroatoms. The Kier molecular flexibility index (Phi) is 3.59. The number of nitrogens with zero attached hydrogens (tertiary/aromatic N) is 5. The predicted octanol–water partition coefficient (Wildman–Crippen LogP) is 3.95. The lowest BCUT2D eigenvalue weighted by atomic mass is 10.1. The standard InChI is InChI=1S/C17H15N5S/c1-2-16(12-5-7-18-8-6-12)22-10-9-19-17(22)13-3-4-14-15(11-13)21-23-20-14/h3-11,16H,2H2,1H3/t16-/m0/s1. The second kappa shape index (κ2) is 5.89. The quantitative estimate of drug-likeness (QED) is 0.571. The van der Waals surface area contributed by atoms with E-state index < -0.39 is 0 Å². The average Bonchev–Trinajstić information content (AvgIpc) is 3.25. The second-order valence-electron chi connectivity index (χ2n) is 5.33. The van der Waals surface area contributed by atoms with Gasteiger partial charge in [-0.05, 0) is 42.3 Å². The second-order valence-corrected chi connectivity index (χ2v) is 5.86. The van der Waals surface area contributed by atoms with Gasteiger partial charge in [0.1, 0.15) is 16.9 Å². The van der Waals surface area contributed by atoms with E-state index in [4.69, 9.17) is 0 Å². The molecule has 0 bridgehead atoms. The van der Waals surface area contributed by atoms with Crippen molar-refractivity contribution in [1.82, 2.24) is 23.3 Å². The molecule has 0 aliphatic rings. The molecule has 0 amide bonds. The third-order valence-corrected chi connectivity index (χ3v) is 4.55. The molecule has 0 N–H and O–H groups in total. The van der Waals surface area contributed by atoms with Crippen LogP contribution in [0.3, 0.4) is 0 Å². The molecule has 0 aliphatic heterocycles. The Bertz CT molecular complexity index is 928. The van der Waals surface area contributed by atoms with Gasteiger partial charge in [0.25, 0.3) is 0 Å². The predicted molar refractivity (Wildman–Crippen MR) is 91.3 cm³/mol. The fourth-order valence-electron chi connectivity index (χ4n) is 2.89. The van der Waals surface area contributed by atoms with Gasteiger partial charge in [-0.25, -0.2) is 4.98 Å². The highest BCUT2D eigenvalue weighted by atomic mass is 32.1. The lowest BCUT2D eigenvalue weighted by Gasteiger charge is -2.19. The summed E-state index contributed by atoms with van der Waals surface area (Å²) in [5, 5.41) is 0. The van der Waals surface area contributed by atoms with E-state index in [2.05, 4.69) is 54.5 Å². The van der Waals surface area contributed by atoms with Crippen molar-refractivity contribution in [2.45, 2.75) is 19.4 Å². The number of aromatic nitrogens is 5. The molecular weight excluding hydrogens is 306 g/mol. The van der Waals surface area contributed by atoms with Crippen molar-refractivity contribution >= 4 is 22.8 Å². The SMILES string of the molecule is CC[C@@H](c1ccncc1)n1ccnc1-c1ccc2nsnc2c1. The Morgan fingerprint density at radius 1 is 1.04 bits per heavy atom. The first-order valence-electron chi connectivity index (χ1n) is 7.52. The zero-order valence-electron chi connectivity index (χ0n) is 12.6. The maximum absolute atomic E-state index is 4.57. The van der Waals surface area contributed by atoms with E-state index in [1.54, 1.807) is 0 Å². The molecule has 1 aromatic carbocycles. The Balaban J connectivity index is 1.81. The molecule has 0 aliphatic carbocycles. The number of rotatable bonds is 4. The maximum atomic E-state index is 4.57. The number of hydrogen-bond acceptors (Lipinski definition) is 5. The summed E-state index contributed by atoms with van der Waals surface area (Å²) in [7, 11) is 0. The summed E-state index contributed by atoms with van der Waals surface area (Å²) >= 11 is 1.24. The van der Waals surface area contributed by atoms with Crippen molar-refractivity contribution in [1.29, 1.82) is 0 Å². The normalized spacial score (nSPS) is 12.6. The van der Waals surface area contributed by atoms with Gasteiger partial charge in [0.05, 0.1) is 17.8 Å². The molecule has 0 fully saturated rings. The Morgan fingerprint density at radius 3 is 2.70 bits per heavy atom. The molecule has 0 radical (unpaired) electrons. The van der Waals surface area contributed by atoms with E-state index >= 15 is 0 Å². The number of benzene rings is 1. The topological polar surface area (TPSA) is 56.5 Å². The first-order chi connectivity index (χ1) is 11.4. The summed E-state index contributed by atoms with van der Waals surface area (Å²) in [5.41, 5.74) is 4.14. The number of pyridine rings is 1. The van der Waals surface area contributed by atoms with Gasteiger partial charge in [0.15, 0.2) is 0 Å². The molecule has 0 saturated heterocycles. The third kappa shape index (κ3) is 2.51. The van der Waals surface area contributed by atoms with Gasteiger partial charge in [-0.15, -0.1) is 0 Å². The highest BCUT2D eigenvalue weighted by Crippen LogP contribution is 2.29. The molecule has 0 unspecified atom stereocenters. The zero-order chi connectivity index (χ0) is 15.6. The molecule has 4 rings (SSSR count). The van der Waals surface area contributed by atoms with Crippen molar-refractivity contribution in [2.24, 2.45) is 0 Å². The van der Waals surface area contributed by atoms with Gasteiger partial charge >= 0.3 is 0 Å². The van der Waals surface area contributed by atoms with Crippen LogP contribution in [-0.2, 0) is 0 Å². The van der Waals surface area contributed by atoms with Crippen LogP contribution in [0.2, 0.25) is 0 Å². The van der Waals surface area contributed by atoms with Gasteiger partial charge in [0, 0.05) is 30.4 Å². The minimum atomic E-state index is 0.236. The zero-order valence-corrected chi connectivity index (χ0v) is 13.4. The molecule has 5 nitrogen and oxygen atoms in total. The Labute approximate surface area is 138 Å². The first-order valence-corrected chi connectivity index (χ1v) is 8.25. The maximum Gasteiger partial charge on any atom is 0.140 e. The average molecular weight is 321 g/mol. The van der Waals surface area contributed by atoms with Crippen LogP contribution in [0.1, 0.15) is 24.9 Å². The third-order valence-electron chi connectivity index (χ3n) is 3.99. The van der Waals surface area contributed by atoms with Crippen LogP contribution in [0.15, 0.2) is 55.1 Å². The van der Waals surface area contributed by atoms with Crippen molar-refractivity contribution in [3.8, 4) is 11.4 Å². The van der Waals surface area contributed by atoms with Crippen LogP contribution in [0.5, 0.6) is 0 Å². The van der Waals surface area contributed by atoms with Crippen molar-refractivity contribution in [3.63, 3.8) is 0 Å². The number of hydrogen-bond donors (Lipinski definition) is 0. The molecule has 114 valence electrons. The largest absolute Gasteiger partial charge is 0.324 e. The molecule has 3 heterocycles. The van der Waals surface area contributed by atoms with Gasteiger partial charge in [-0.3, -0.25) is 4.98 Å². The summed E-state index contributed by atoms with van der Waals surface area (Å²) in [6.07, 6.45) is 8.53. The van der Waals surface area contributed by atoms with Crippen LogP contribution in [0.4, 0.5) is 0 Å². The lowest BCUT2D eigenvalue weighted by molar-refractivity contribution is 0.571. The smallest absolute Gasteiger partial charge is 0.140 e. The fourth-order valence-corrected chi connectivity index (χ4v) is 3.41. The monoisotopic (exact) mass is 321 g/mol. The highest BCUT2D eigenvalue weighted by Gasteiger charge is 2.16. The summed E-state index contributed by atoms with van der Waals surface area (Å²) < 4.78 is 10.8. The van der Waals surface area contributed by atoms with Crippen LogP contribution < -0.4 is 0 Å². The van der Waals surface area contributed by atoms with Crippen molar-refractivity contribution < 1.29 is 0 Å². The van der Waals surface area contributed by atoms with Gasteiger partial charge in [0.2, 0.25) is 0 Å². The van der Waals surface area contributed by atoms with Crippen molar-refractivity contribution in [3.05, 3.63) is 60.7 Å². The number of fused-ring (bicyclic) bond motifs is 1. The highest BCUT2D eigenvalue weighted by molar-refractivity contribution is 7.00. The summed E-state index contributed by atoms with van der Waals surface area (Å²) in [4.78, 5) is 8.69. The van der Waals surface area contributed by atoms with E-state index in [0.717, 1.165) is 28.8 Å². The van der Waals surface area contributed by atoms with E-state index in [9.17, 15) is 0 Å². The van der Waals surface area contributed by atoms with Crippen molar-refractivity contribution in [2.75, 3.05) is 0 Å². The van der Waals surface area contributed by atoms with E-state index in [1.807, 2.05) is 30.9 Å². The molecule has 0 saturated carbocycles. The molecule has 3 aromatic heterocycles. The minimum absolute atomic E-state index is 0.236. The van der Waals surface area contributed by atoms with Crippen LogP contribution in [-0.4, -0.2) is 23.3 Å². The molecular formula is C17H15N5S. The minimum Gasteiger partial charge on any atom is -0.324 e. The first kappa shape index (κ1) is 14.0.